The molecule has 1 rings (SSSR count). The molecule has 0 aliphatic rings. The third-order valence-electron chi connectivity index (χ3n) is 2.06. The normalized spacial score (nSPS) is 10.9. The molecule has 96 valence electrons. The van der Waals surface area contributed by atoms with E-state index in [0.717, 1.165) is 19.0 Å². The van der Waals surface area contributed by atoms with Crippen LogP contribution in [-0.2, 0) is 6.54 Å². The number of hydrogen-bond donors (Lipinski definition) is 1. The average Bonchev–Trinajstić information content (AvgIpc) is 2.26. The summed E-state index contributed by atoms with van der Waals surface area (Å²) in [7, 11) is 0. The van der Waals surface area contributed by atoms with E-state index in [1.54, 1.807) is 6.07 Å². The third-order valence-corrected chi connectivity index (χ3v) is 2.06. The van der Waals surface area contributed by atoms with Crippen LogP contribution in [0.3, 0.4) is 0 Å². The van der Waals surface area contributed by atoms with E-state index in [-0.39, 0.29) is 5.75 Å². The minimum absolute atomic E-state index is 0.138. The van der Waals surface area contributed by atoms with E-state index in [9.17, 15) is 13.2 Å². The molecule has 0 aliphatic heterocycles. The summed E-state index contributed by atoms with van der Waals surface area (Å²) in [5, 5.41) is 3.10. The average molecular weight is 247 g/mol. The van der Waals surface area contributed by atoms with Gasteiger partial charge >= 0.3 is 0 Å². The van der Waals surface area contributed by atoms with Crippen LogP contribution in [0, 0.1) is 5.82 Å². The molecule has 1 aromatic rings. The molecule has 0 amide bonds. The molecular weight excluding hydrogens is 231 g/mol. The SMILES string of the molecule is CCCNCc1cc(F)cc(OCC(F)F)c1. The van der Waals surface area contributed by atoms with Crippen LogP contribution < -0.4 is 10.1 Å². The highest BCUT2D eigenvalue weighted by molar-refractivity contribution is 5.29. The van der Waals surface area contributed by atoms with E-state index in [4.69, 9.17) is 4.74 Å². The second-order valence-corrected chi connectivity index (χ2v) is 3.67. The Labute approximate surface area is 98.8 Å². The fourth-order valence-corrected chi connectivity index (χ4v) is 1.37. The van der Waals surface area contributed by atoms with Gasteiger partial charge in [0.1, 0.15) is 18.2 Å². The fourth-order valence-electron chi connectivity index (χ4n) is 1.37. The Hall–Kier alpha value is -1.23. The van der Waals surface area contributed by atoms with Crippen LogP contribution in [0.15, 0.2) is 18.2 Å². The lowest BCUT2D eigenvalue weighted by atomic mass is 10.2. The maximum atomic E-state index is 13.2. The van der Waals surface area contributed by atoms with Crippen molar-refractivity contribution in [1.82, 2.24) is 5.32 Å². The molecule has 17 heavy (non-hydrogen) atoms. The molecule has 0 bridgehead atoms. The Bertz CT molecular complexity index is 345. The quantitative estimate of drug-likeness (QED) is 0.748. The lowest BCUT2D eigenvalue weighted by molar-refractivity contribution is 0.0817. The smallest absolute Gasteiger partial charge is 0.272 e. The second-order valence-electron chi connectivity index (χ2n) is 3.67. The lowest BCUT2D eigenvalue weighted by Gasteiger charge is -2.09. The van der Waals surface area contributed by atoms with E-state index in [2.05, 4.69) is 5.32 Å². The maximum absolute atomic E-state index is 13.2. The number of alkyl halides is 2. The van der Waals surface area contributed by atoms with E-state index in [0.29, 0.717) is 12.1 Å². The van der Waals surface area contributed by atoms with Gasteiger partial charge in [-0.3, -0.25) is 0 Å². The van der Waals surface area contributed by atoms with Gasteiger partial charge in [-0.05, 0) is 30.7 Å². The molecular formula is C12H16F3NO. The van der Waals surface area contributed by atoms with Crippen LogP contribution in [0.5, 0.6) is 5.75 Å². The first kappa shape index (κ1) is 13.8. The molecule has 1 aromatic carbocycles. The van der Waals surface area contributed by atoms with Gasteiger partial charge in [-0.1, -0.05) is 6.92 Å². The van der Waals surface area contributed by atoms with Crippen LogP contribution in [-0.4, -0.2) is 19.6 Å². The molecule has 0 aliphatic carbocycles. The number of rotatable bonds is 7. The Morgan fingerprint density at radius 2 is 2.06 bits per heavy atom. The number of benzene rings is 1. The highest BCUT2D eigenvalue weighted by Gasteiger charge is 2.06. The summed E-state index contributed by atoms with van der Waals surface area (Å²) in [4.78, 5) is 0. The van der Waals surface area contributed by atoms with Crippen LogP contribution in [0.25, 0.3) is 0 Å². The van der Waals surface area contributed by atoms with E-state index in [1.165, 1.54) is 6.07 Å². The monoisotopic (exact) mass is 247 g/mol. The van der Waals surface area contributed by atoms with E-state index < -0.39 is 18.8 Å². The molecule has 0 atom stereocenters. The Morgan fingerprint density at radius 1 is 1.29 bits per heavy atom. The zero-order valence-electron chi connectivity index (χ0n) is 9.68. The lowest BCUT2D eigenvalue weighted by Crippen LogP contribution is -2.14. The van der Waals surface area contributed by atoms with Crippen molar-refractivity contribution in [2.24, 2.45) is 0 Å². The first-order valence-corrected chi connectivity index (χ1v) is 5.53. The summed E-state index contributed by atoms with van der Waals surface area (Å²) >= 11 is 0. The molecule has 0 spiro atoms. The standard InChI is InChI=1S/C12H16F3NO/c1-2-3-16-7-9-4-10(13)6-11(5-9)17-8-12(14)15/h4-6,12,16H,2-3,7-8H2,1H3. The zero-order valence-corrected chi connectivity index (χ0v) is 9.68. The first-order chi connectivity index (χ1) is 8.11. The van der Waals surface area contributed by atoms with Gasteiger partial charge in [0.05, 0.1) is 0 Å². The van der Waals surface area contributed by atoms with Gasteiger partial charge in [0, 0.05) is 12.6 Å². The molecule has 0 fully saturated rings. The molecule has 0 saturated carbocycles. The Kier molecular flexibility index (Phi) is 5.83. The van der Waals surface area contributed by atoms with Gasteiger partial charge in [0.2, 0.25) is 0 Å². The van der Waals surface area contributed by atoms with Gasteiger partial charge in [0.15, 0.2) is 0 Å². The maximum Gasteiger partial charge on any atom is 0.272 e. The van der Waals surface area contributed by atoms with Gasteiger partial charge in [-0.2, -0.15) is 0 Å². The first-order valence-electron chi connectivity index (χ1n) is 5.53. The number of hydrogen-bond acceptors (Lipinski definition) is 2. The topological polar surface area (TPSA) is 21.3 Å². The summed E-state index contributed by atoms with van der Waals surface area (Å²) in [5.41, 5.74) is 0.683. The summed E-state index contributed by atoms with van der Waals surface area (Å²) in [6, 6.07) is 4.03. The molecule has 0 radical (unpaired) electrons. The molecule has 5 heteroatoms. The summed E-state index contributed by atoms with van der Waals surface area (Å²) in [6.07, 6.45) is -1.58. The molecule has 0 unspecified atom stereocenters. The van der Waals surface area contributed by atoms with Gasteiger partial charge < -0.3 is 10.1 Å². The van der Waals surface area contributed by atoms with Crippen LogP contribution in [0.2, 0.25) is 0 Å². The molecule has 2 nitrogen and oxygen atoms in total. The summed E-state index contributed by atoms with van der Waals surface area (Å²) in [6.45, 7) is 2.63. The van der Waals surface area contributed by atoms with Gasteiger partial charge in [-0.15, -0.1) is 0 Å². The van der Waals surface area contributed by atoms with E-state index in [1.807, 2.05) is 6.92 Å². The van der Waals surface area contributed by atoms with Crippen molar-refractivity contribution >= 4 is 0 Å². The predicted octanol–water partition coefficient (Wildman–Crippen LogP) is 2.97. The van der Waals surface area contributed by atoms with Crippen molar-refractivity contribution < 1.29 is 17.9 Å². The minimum Gasteiger partial charge on any atom is -0.488 e. The van der Waals surface area contributed by atoms with Crippen molar-refractivity contribution in [2.45, 2.75) is 26.3 Å². The fraction of sp³-hybridized carbons (Fsp3) is 0.500. The molecule has 1 N–H and O–H groups in total. The van der Waals surface area contributed by atoms with Crippen molar-refractivity contribution in [3.05, 3.63) is 29.6 Å². The predicted molar refractivity (Wildman–Crippen MR) is 59.9 cm³/mol. The van der Waals surface area contributed by atoms with Crippen LogP contribution in [0.4, 0.5) is 13.2 Å². The highest BCUT2D eigenvalue weighted by atomic mass is 19.3. The molecule has 0 saturated heterocycles. The summed E-state index contributed by atoms with van der Waals surface area (Å²) in [5.74, 6) is -0.344. The van der Waals surface area contributed by atoms with Crippen molar-refractivity contribution in [3.63, 3.8) is 0 Å². The Morgan fingerprint density at radius 3 is 2.71 bits per heavy atom. The van der Waals surface area contributed by atoms with Gasteiger partial charge in [-0.25, -0.2) is 13.2 Å². The largest absolute Gasteiger partial charge is 0.488 e. The van der Waals surface area contributed by atoms with Gasteiger partial charge in [0.25, 0.3) is 6.43 Å². The number of ether oxygens (including phenoxy) is 1. The second kappa shape index (κ2) is 7.17. The van der Waals surface area contributed by atoms with Crippen LogP contribution in [0.1, 0.15) is 18.9 Å². The van der Waals surface area contributed by atoms with Crippen molar-refractivity contribution in [3.8, 4) is 5.75 Å². The minimum atomic E-state index is -2.56. The molecule has 0 heterocycles. The number of halogens is 3. The Balaban J connectivity index is 2.59. The third kappa shape index (κ3) is 5.58. The van der Waals surface area contributed by atoms with Crippen LogP contribution >= 0.6 is 0 Å². The van der Waals surface area contributed by atoms with Crippen molar-refractivity contribution in [1.29, 1.82) is 0 Å². The number of nitrogens with one attached hydrogen (secondary N) is 1. The van der Waals surface area contributed by atoms with Crippen molar-refractivity contribution in [2.75, 3.05) is 13.2 Å². The molecule has 0 aromatic heterocycles. The summed E-state index contributed by atoms with van der Waals surface area (Å²) < 4.78 is 41.8. The van der Waals surface area contributed by atoms with E-state index >= 15 is 0 Å². The highest BCUT2D eigenvalue weighted by Crippen LogP contribution is 2.17. The zero-order chi connectivity index (χ0) is 12.7.